The van der Waals surface area contributed by atoms with E-state index in [2.05, 4.69) is 30.9 Å². The number of nitrogens with zero attached hydrogens (tertiary/aromatic N) is 1. The minimum atomic E-state index is -0.128. The van der Waals surface area contributed by atoms with Crippen LogP contribution in [-0.2, 0) is 6.61 Å². The van der Waals surface area contributed by atoms with E-state index in [0.717, 1.165) is 35.5 Å². The third-order valence-corrected chi connectivity index (χ3v) is 6.47. The first-order valence-corrected chi connectivity index (χ1v) is 11.7. The molecule has 3 aromatic carbocycles. The molecule has 0 atom stereocenters. The molecule has 0 fully saturated rings. The molecule has 3 aromatic rings. The van der Waals surface area contributed by atoms with Gasteiger partial charge in [0.25, 0.3) is 0 Å². The van der Waals surface area contributed by atoms with Crippen molar-refractivity contribution in [3.8, 4) is 11.5 Å². The van der Waals surface area contributed by atoms with Crippen LogP contribution >= 0.6 is 23.2 Å². The normalized spacial score (nSPS) is 13.7. The first-order valence-electron chi connectivity index (χ1n) is 10.9. The van der Waals surface area contributed by atoms with E-state index in [1.54, 1.807) is 30.3 Å². The monoisotopic (exact) mass is 481 g/mol. The van der Waals surface area contributed by atoms with Crippen molar-refractivity contribution in [2.24, 2.45) is 0 Å². The topological polar surface area (TPSA) is 38.8 Å². The first kappa shape index (κ1) is 23.2. The molecule has 4 rings (SSSR count). The van der Waals surface area contributed by atoms with E-state index in [0.29, 0.717) is 39.5 Å². The number of ketones is 1. The van der Waals surface area contributed by atoms with Gasteiger partial charge in [-0.05, 0) is 74.4 Å². The fourth-order valence-corrected chi connectivity index (χ4v) is 4.16. The van der Waals surface area contributed by atoms with E-state index < -0.39 is 0 Å². The Hall–Kier alpha value is -2.95. The smallest absolute Gasteiger partial charge is 0.231 e. The third-order valence-electron chi connectivity index (χ3n) is 5.73. The third kappa shape index (κ3) is 4.87. The Morgan fingerprint density at radius 1 is 0.970 bits per heavy atom. The number of Topliss-reactive ketones (excluding diaryl/α,β-unsaturated/α-hetero) is 1. The van der Waals surface area contributed by atoms with Crippen molar-refractivity contribution in [3.63, 3.8) is 0 Å². The van der Waals surface area contributed by atoms with Crippen LogP contribution in [0.4, 0.5) is 5.69 Å². The molecule has 170 valence electrons. The summed E-state index contributed by atoms with van der Waals surface area (Å²) in [6.07, 6.45) is 1.78. The zero-order chi connectivity index (χ0) is 23.5. The second-order valence-electron chi connectivity index (χ2n) is 7.81. The Balaban J connectivity index is 1.52. The highest BCUT2D eigenvalue weighted by atomic mass is 35.5. The van der Waals surface area contributed by atoms with Gasteiger partial charge in [-0.2, -0.15) is 0 Å². The van der Waals surface area contributed by atoms with Crippen LogP contribution in [0.2, 0.25) is 10.0 Å². The number of benzene rings is 3. The highest BCUT2D eigenvalue weighted by molar-refractivity contribution is 6.42. The minimum Gasteiger partial charge on any atom is -0.488 e. The summed E-state index contributed by atoms with van der Waals surface area (Å²) in [6.45, 7) is 8.37. The van der Waals surface area contributed by atoms with Gasteiger partial charge in [0.05, 0.1) is 15.6 Å². The molecule has 0 N–H and O–H groups in total. The maximum Gasteiger partial charge on any atom is 0.231 e. The molecule has 0 spiro atoms. The minimum absolute atomic E-state index is 0.128. The quantitative estimate of drug-likeness (QED) is 0.330. The fraction of sp³-hybridized carbons (Fsp3) is 0.222. The van der Waals surface area contributed by atoms with Gasteiger partial charge in [0.2, 0.25) is 5.78 Å². The lowest BCUT2D eigenvalue weighted by atomic mass is 10.1. The molecule has 0 aliphatic carbocycles. The molecule has 0 bridgehead atoms. The second kappa shape index (κ2) is 9.90. The summed E-state index contributed by atoms with van der Waals surface area (Å²) in [4.78, 5) is 15.2. The molecule has 0 saturated carbocycles. The predicted molar refractivity (Wildman–Crippen MR) is 135 cm³/mol. The van der Waals surface area contributed by atoms with Crippen LogP contribution in [0.3, 0.4) is 0 Å². The van der Waals surface area contributed by atoms with E-state index in [9.17, 15) is 4.79 Å². The highest BCUT2D eigenvalue weighted by Crippen LogP contribution is 2.39. The number of rotatable bonds is 7. The molecular formula is C27H25Cl2NO3. The van der Waals surface area contributed by atoms with E-state index in [-0.39, 0.29) is 5.78 Å². The van der Waals surface area contributed by atoms with Gasteiger partial charge in [0.15, 0.2) is 5.76 Å². The lowest BCUT2D eigenvalue weighted by Crippen LogP contribution is -2.21. The molecule has 4 nitrogen and oxygen atoms in total. The van der Waals surface area contributed by atoms with Crippen molar-refractivity contribution in [1.29, 1.82) is 0 Å². The number of ether oxygens (including phenoxy) is 2. The van der Waals surface area contributed by atoms with Crippen molar-refractivity contribution >= 4 is 40.7 Å². The van der Waals surface area contributed by atoms with Gasteiger partial charge in [0, 0.05) is 24.3 Å². The number of halogens is 2. The molecule has 0 radical (unpaired) electrons. The van der Waals surface area contributed by atoms with Gasteiger partial charge in [0.1, 0.15) is 18.1 Å². The Kier molecular flexibility index (Phi) is 6.96. The van der Waals surface area contributed by atoms with Crippen LogP contribution in [0.5, 0.6) is 11.5 Å². The van der Waals surface area contributed by atoms with E-state index >= 15 is 0 Å². The van der Waals surface area contributed by atoms with Gasteiger partial charge >= 0.3 is 0 Å². The molecule has 6 heteroatoms. The summed E-state index contributed by atoms with van der Waals surface area (Å²) in [5, 5.41) is 0.986. The SMILES string of the molecule is CCN(CC)c1ccc(/C=C2\Oc3c(ccc(OCc4ccc(Cl)c(Cl)c4)c3C)C2=O)cc1. The average Bonchev–Trinajstić information content (AvgIpc) is 3.13. The maximum absolute atomic E-state index is 12.9. The van der Waals surface area contributed by atoms with Crippen LogP contribution in [0.15, 0.2) is 60.4 Å². The summed E-state index contributed by atoms with van der Waals surface area (Å²) < 4.78 is 12.0. The number of fused-ring (bicyclic) bond motifs is 1. The van der Waals surface area contributed by atoms with Crippen LogP contribution in [-0.4, -0.2) is 18.9 Å². The van der Waals surface area contributed by atoms with Gasteiger partial charge in [-0.1, -0.05) is 41.4 Å². The van der Waals surface area contributed by atoms with Gasteiger partial charge in [-0.25, -0.2) is 0 Å². The molecule has 33 heavy (non-hydrogen) atoms. The van der Waals surface area contributed by atoms with Crippen LogP contribution in [0.1, 0.15) is 40.9 Å². The zero-order valence-electron chi connectivity index (χ0n) is 18.8. The van der Waals surface area contributed by atoms with Gasteiger partial charge in [-0.15, -0.1) is 0 Å². The fourth-order valence-electron chi connectivity index (χ4n) is 3.84. The standard InChI is InChI=1S/C27H25Cl2NO3/c1-4-30(5-2)20-9-6-18(7-10-20)15-25-26(31)21-11-13-24(17(3)27(21)33-25)32-16-19-8-12-22(28)23(29)14-19/h6-15H,4-5,16H2,1-3H3/b25-15-. The van der Waals surface area contributed by atoms with Crippen molar-refractivity contribution < 1.29 is 14.3 Å². The number of allylic oxidation sites excluding steroid dienone is 1. The van der Waals surface area contributed by atoms with Gasteiger partial charge < -0.3 is 14.4 Å². The average molecular weight is 482 g/mol. The number of carbonyl (C=O) groups excluding carboxylic acids is 1. The van der Waals surface area contributed by atoms with Crippen molar-refractivity contribution in [2.45, 2.75) is 27.4 Å². The molecule has 1 aliphatic heterocycles. The molecule has 0 saturated heterocycles. The number of hydrogen-bond donors (Lipinski definition) is 0. The Morgan fingerprint density at radius 3 is 2.36 bits per heavy atom. The lowest BCUT2D eigenvalue weighted by Gasteiger charge is -2.20. The van der Waals surface area contributed by atoms with Crippen molar-refractivity contribution in [2.75, 3.05) is 18.0 Å². The highest BCUT2D eigenvalue weighted by Gasteiger charge is 2.30. The molecule has 0 unspecified atom stereocenters. The van der Waals surface area contributed by atoms with Crippen LogP contribution in [0.25, 0.3) is 6.08 Å². The van der Waals surface area contributed by atoms with Crippen LogP contribution in [0, 0.1) is 6.92 Å². The number of carbonyl (C=O) groups is 1. The lowest BCUT2D eigenvalue weighted by molar-refractivity contribution is 0.101. The molecule has 1 aliphatic rings. The molecular weight excluding hydrogens is 457 g/mol. The maximum atomic E-state index is 12.9. The van der Waals surface area contributed by atoms with E-state index in [1.165, 1.54) is 0 Å². The Bertz CT molecular complexity index is 1210. The van der Waals surface area contributed by atoms with Gasteiger partial charge in [-0.3, -0.25) is 4.79 Å². The second-order valence-corrected chi connectivity index (χ2v) is 8.62. The summed E-state index contributed by atoms with van der Waals surface area (Å²) in [5.74, 6) is 1.37. The number of hydrogen-bond acceptors (Lipinski definition) is 4. The van der Waals surface area contributed by atoms with Crippen molar-refractivity contribution in [3.05, 3.63) is 92.7 Å². The first-order chi connectivity index (χ1) is 15.9. The largest absolute Gasteiger partial charge is 0.488 e. The zero-order valence-corrected chi connectivity index (χ0v) is 20.3. The Morgan fingerprint density at radius 2 is 1.70 bits per heavy atom. The summed E-state index contributed by atoms with van der Waals surface area (Å²) in [7, 11) is 0. The van der Waals surface area contributed by atoms with E-state index in [4.69, 9.17) is 32.7 Å². The predicted octanol–water partition coefficient (Wildman–Crippen LogP) is 7.34. The molecule has 1 heterocycles. The van der Waals surface area contributed by atoms with Crippen molar-refractivity contribution in [1.82, 2.24) is 0 Å². The molecule has 0 aromatic heterocycles. The van der Waals surface area contributed by atoms with E-state index in [1.807, 2.05) is 25.1 Å². The number of anilines is 1. The molecule has 0 amide bonds. The summed E-state index contributed by atoms with van der Waals surface area (Å²) in [5.41, 5.74) is 4.29. The van der Waals surface area contributed by atoms with Crippen LogP contribution < -0.4 is 14.4 Å². The summed E-state index contributed by atoms with van der Waals surface area (Å²) in [6, 6.07) is 17.1. The summed E-state index contributed by atoms with van der Waals surface area (Å²) >= 11 is 12.1. The Labute approximate surface area is 204 Å².